The van der Waals surface area contributed by atoms with Crippen LogP contribution in [0.25, 0.3) is 43.8 Å². The van der Waals surface area contributed by atoms with Crippen LogP contribution in [-0.2, 0) is 9.47 Å². The maximum absolute atomic E-state index is 12.8. The number of aromatic amines is 1. The number of ether oxygens (including phenoxy) is 2. The summed E-state index contributed by atoms with van der Waals surface area (Å²) >= 11 is 3.42. The number of H-pyrrole nitrogens is 1. The van der Waals surface area contributed by atoms with E-state index in [9.17, 15) is 29.4 Å². The van der Waals surface area contributed by atoms with Gasteiger partial charge in [0.25, 0.3) is 0 Å². The fourth-order valence-electron chi connectivity index (χ4n) is 6.69. The van der Waals surface area contributed by atoms with Crippen LogP contribution in [-0.4, -0.2) is 62.3 Å². The predicted octanol–water partition coefficient (Wildman–Crippen LogP) is 11.3. The number of esters is 2. The number of pyridine rings is 2. The fourth-order valence-corrected chi connectivity index (χ4v) is 7.05. The predicted molar refractivity (Wildman–Crippen MR) is 240 cm³/mol. The van der Waals surface area contributed by atoms with Gasteiger partial charge < -0.3 is 35.3 Å². The molecule has 8 rings (SSSR count). The molecule has 0 spiro atoms. The van der Waals surface area contributed by atoms with Crippen molar-refractivity contribution in [2.75, 3.05) is 23.8 Å². The number of nitrogens with zero attached hydrogens (tertiary/aromatic N) is 2. The van der Waals surface area contributed by atoms with Crippen molar-refractivity contribution in [1.29, 1.82) is 0 Å². The number of aromatic carboxylic acids is 2. The summed E-state index contributed by atoms with van der Waals surface area (Å²) in [6, 6.07) is 32.4. The number of para-hydroxylation sites is 2. The van der Waals surface area contributed by atoms with E-state index in [2.05, 4.69) is 41.5 Å². The Bertz CT molecular complexity index is 2950. The summed E-state index contributed by atoms with van der Waals surface area (Å²) in [4.78, 5) is 60.5. The molecule has 3 aromatic heterocycles. The average molecular weight is 883 g/mol. The van der Waals surface area contributed by atoms with Gasteiger partial charge >= 0.3 is 23.9 Å². The summed E-state index contributed by atoms with van der Waals surface area (Å²) in [6.45, 7) is 3.88. The number of halogens is 1. The molecule has 0 aliphatic heterocycles. The lowest BCUT2D eigenvalue weighted by molar-refractivity contribution is 0.0517. The summed E-state index contributed by atoms with van der Waals surface area (Å²) in [5, 5.41) is 27.8. The summed E-state index contributed by atoms with van der Waals surface area (Å²) in [7, 11) is 0. The Morgan fingerprint density at radius 1 is 0.623 bits per heavy atom. The zero-order chi connectivity index (χ0) is 42.3. The van der Waals surface area contributed by atoms with E-state index in [1.54, 1.807) is 50.2 Å². The molecule has 14 heteroatoms. The van der Waals surface area contributed by atoms with Gasteiger partial charge in [0.05, 0.1) is 58.1 Å². The normalized spacial score (nSPS) is 10.6. The second kappa shape index (κ2) is 19.0. The van der Waals surface area contributed by atoms with E-state index in [1.807, 2.05) is 66.9 Å². The minimum atomic E-state index is -1.07. The molecule has 0 aliphatic rings. The monoisotopic (exact) mass is 881 g/mol. The highest BCUT2D eigenvalue weighted by Crippen LogP contribution is 2.36. The molecule has 0 aliphatic carbocycles. The van der Waals surface area contributed by atoms with Crippen LogP contribution >= 0.6 is 15.9 Å². The molecule has 0 bridgehead atoms. The van der Waals surface area contributed by atoms with Gasteiger partial charge in [-0.3, -0.25) is 9.97 Å². The standard InChI is InChI=1S/C27H21N3O4.C19H15BrN2O4.CH4/c1-2-34-27(33)21-15-29-23-11-10-16(17-7-5-9-22-18(17)12-13-28-22)14-20(23)25(21)30-24-8-4-3-6-19(24)26(31)32;1-2-26-19(25)14-10-21-15-8-7-11(20)9-13(15)17(14)22-16-6-4-3-5-12(16)18(23)24;/h3-15,28H,2H2,1H3,(H,29,30)(H,31,32);3-10H,2H2,1H3,(H,21,22)(H,23,24);1H4. The number of carbonyl (C=O) groups is 4. The van der Waals surface area contributed by atoms with Crippen molar-refractivity contribution in [2.24, 2.45) is 0 Å². The van der Waals surface area contributed by atoms with Crippen molar-refractivity contribution < 1.29 is 38.9 Å². The highest BCUT2D eigenvalue weighted by Gasteiger charge is 2.21. The van der Waals surface area contributed by atoms with Gasteiger partial charge in [-0.2, -0.15) is 0 Å². The number of benzene rings is 5. The third-order valence-corrected chi connectivity index (χ3v) is 9.92. The maximum atomic E-state index is 12.8. The lowest BCUT2D eigenvalue weighted by atomic mass is 9.98. The number of carboxylic acids is 2. The molecule has 0 atom stereocenters. The van der Waals surface area contributed by atoms with Crippen molar-refractivity contribution in [3.8, 4) is 11.1 Å². The van der Waals surface area contributed by atoms with Crippen LogP contribution in [0.5, 0.6) is 0 Å². The third kappa shape index (κ3) is 9.19. The van der Waals surface area contributed by atoms with Crippen LogP contribution in [0.15, 0.2) is 132 Å². The Hall–Kier alpha value is -7.58. The molecule has 5 aromatic carbocycles. The fraction of sp³-hybridized carbons (Fsp3) is 0.106. The van der Waals surface area contributed by atoms with Gasteiger partial charge in [0.2, 0.25) is 0 Å². The highest BCUT2D eigenvalue weighted by atomic mass is 79.9. The number of carbonyl (C=O) groups excluding carboxylic acids is 2. The number of fused-ring (bicyclic) bond motifs is 3. The molecule has 0 saturated carbocycles. The van der Waals surface area contributed by atoms with Crippen molar-refractivity contribution in [1.82, 2.24) is 15.0 Å². The second-order valence-electron chi connectivity index (χ2n) is 13.1. The van der Waals surface area contributed by atoms with E-state index >= 15 is 0 Å². The Balaban J connectivity index is 0.000000208. The molecule has 8 aromatic rings. The van der Waals surface area contributed by atoms with E-state index in [4.69, 9.17) is 9.47 Å². The quantitative estimate of drug-likeness (QED) is 0.0773. The van der Waals surface area contributed by atoms with Crippen LogP contribution in [0, 0.1) is 0 Å². The third-order valence-electron chi connectivity index (χ3n) is 9.43. The Labute approximate surface area is 358 Å². The highest BCUT2D eigenvalue weighted by molar-refractivity contribution is 9.10. The van der Waals surface area contributed by atoms with E-state index in [0.29, 0.717) is 44.6 Å². The van der Waals surface area contributed by atoms with Gasteiger partial charge in [-0.15, -0.1) is 0 Å². The molecule has 0 radical (unpaired) electrons. The Morgan fingerprint density at radius 3 is 1.69 bits per heavy atom. The largest absolute Gasteiger partial charge is 0.478 e. The van der Waals surface area contributed by atoms with Crippen LogP contribution in [0.4, 0.5) is 22.7 Å². The van der Waals surface area contributed by atoms with Gasteiger partial charge in [-0.05, 0) is 91.7 Å². The average Bonchev–Trinajstić information content (AvgIpc) is 3.74. The number of anilines is 4. The molecule has 308 valence electrons. The van der Waals surface area contributed by atoms with E-state index < -0.39 is 23.9 Å². The summed E-state index contributed by atoms with van der Waals surface area (Å²) in [6.07, 6.45) is 4.78. The lowest BCUT2D eigenvalue weighted by Gasteiger charge is -2.16. The smallest absolute Gasteiger partial charge is 0.341 e. The first-order chi connectivity index (χ1) is 29.1. The summed E-state index contributed by atoms with van der Waals surface area (Å²) < 4.78 is 11.2. The first-order valence-electron chi connectivity index (χ1n) is 18.7. The first-order valence-corrected chi connectivity index (χ1v) is 19.5. The molecule has 0 unspecified atom stereocenters. The lowest BCUT2D eigenvalue weighted by Crippen LogP contribution is -2.10. The first kappa shape index (κ1) is 43.0. The Morgan fingerprint density at radius 2 is 1.15 bits per heavy atom. The molecular weight excluding hydrogens is 842 g/mol. The molecule has 61 heavy (non-hydrogen) atoms. The van der Waals surface area contributed by atoms with Crippen molar-refractivity contribution in [3.63, 3.8) is 0 Å². The van der Waals surface area contributed by atoms with Crippen LogP contribution in [0.2, 0.25) is 0 Å². The van der Waals surface area contributed by atoms with Gasteiger partial charge in [0.15, 0.2) is 0 Å². The molecule has 0 fully saturated rings. The molecule has 0 saturated heterocycles. The molecule has 5 N–H and O–H groups in total. The van der Waals surface area contributed by atoms with Gasteiger partial charge in [0, 0.05) is 44.7 Å². The second-order valence-corrected chi connectivity index (χ2v) is 14.0. The number of hydrogen-bond donors (Lipinski definition) is 5. The summed E-state index contributed by atoms with van der Waals surface area (Å²) in [5.74, 6) is -3.20. The number of aromatic nitrogens is 3. The minimum absolute atomic E-state index is 0. The van der Waals surface area contributed by atoms with Crippen LogP contribution in [0.1, 0.15) is 62.7 Å². The van der Waals surface area contributed by atoms with Gasteiger partial charge in [-0.1, -0.05) is 65.8 Å². The van der Waals surface area contributed by atoms with Gasteiger partial charge in [-0.25, -0.2) is 19.2 Å². The Kier molecular flexibility index (Phi) is 13.4. The van der Waals surface area contributed by atoms with Crippen LogP contribution in [0.3, 0.4) is 0 Å². The number of rotatable bonds is 11. The van der Waals surface area contributed by atoms with Crippen molar-refractivity contribution in [3.05, 3.63) is 155 Å². The molecule has 13 nitrogen and oxygen atoms in total. The van der Waals surface area contributed by atoms with Crippen LogP contribution < -0.4 is 10.6 Å². The molecule has 0 amide bonds. The molecule has 3 heterocycles. The zero-order valence-corrected chi connectivity index (χ0v) is 33.7. The number of nitrogens with one attached hydrogen (secondary N) is 3. The van der Waals surface area contributed by atoms with Gasteiger partial charge in [0.1, 0.15) is 11.1 Å². The van der Waals surface area contributed by atoms with E-state index in [1.165, 1.54) is 24.5 Å². The number of carboxylic acid groups (broad SMARTS) is 2. The maximum Gasteiger partial charge on any atom is 0.341 e. The van der Waals surface area contributed by atoms with Crippen molar-refractivity contribution >= 4 is 95.3 Å². The minimum Gasteiger partial charge on any atom is -0.478 e. The van der Waals surface area contributed by atoms with E-state index in [-0.39, 0.29) is 42.9 Å². The summed E-state index contributed by atoms with van der Waals surface area (Å²) in [5.41, 5.74) is 6.60. The van der Waals surface area contributed by atoms with E-state index in [0.717, 1.165) is 26.5 Å². The zero-order valence-electron chi connectivity index (χ0n) is 32.2. The molecular formula is C47H40BrN5O8. The van der Waals surface area contributed by atoms with Crippen molar-refractivity contribution in [2.45, 2.75) is 21.3 Å². The SMILES string of the molecule is C.CCOC(=O)c1cnc2ccc(-c3cccc4[nH]ccc34)cc2c1Nc1ccccc1C(=O)O.CCOC(=O)c1cnc2ccc(Br)cc2c1Nc1ccccc1C(=O)O. The number of hydrogen-bond acceptors (Lipinski definition) is 10. The topological polar surface area (TPSA) is 193 Å².